The number of fused-ring (bicyclic) bond motifs is 3. The van der Waals surface area contributed by atoms with E-state index in [1.807, 2.05) is 13.1 Å². The second-order valence-electron chi connectivity index (χ2n) is 8.49. The average molecular weight is 443 g/mol. The molecule has 2 saturated heterocycles. The van der Waals surface area contributed by atoms with E-state index in [2.05, 4.69) is 31.5 Å². The number of ether oxygens (including phenoxy) is 1. The minimum absolute atomic E-state index is 0.204. The summed E-state index contributed by atoms with van der Waals surface area (Å²) in [5.74, 6) is 0.511. The number of nitrogens with one attached hydrogen (secondary N) is 1. The molecule has 0 radical (unpaired) electrons. The zero-order valence-electron chi connectivity index (χ0n) is 17.9. The predicted molar refractivity (Wildman–Crippen MR) is 116 cm³/mol. The van der Waals surface area contributed by atoms with E-state index in [9.17, 15) is 13.2 Å². The maximum Gasteiger partial charge on any atom is 0.416 e. The normalized spacial score (nSPS) is 20.7. The summed E-state index contributed by atoms with van der Waals surface area (Å²) >= 11 is 0. The molecule has 0 amide bonds. The average Bonchev–Trinajstić information content (AvgIpc) is 3.01. The number of anilines is 2. The molecule has 5 rings (SSSR count). The maximum absolute atomic E-state index is 13.3. The van der Waals surface area contributed by atoms with E-state index in [-0.39, 0.29) is 12.1 Å². The molecule has 0 spiro atoms. The largest absolute Gasteiger partial charge is 0.416 e. The highest BCUT2D eigenvalue weighted by atomic mass is 19.4. The minimum Gasteiger partial charge on any atom is -0.377 e. The molecule has 3 aromatic rings. The van der Waals surface area contributed by atoms with E-state index in [4.69, 9.17) is 4.74 Å². The van der Waals surface area contributed by atoms with Crippen molar-refractivity contribution in [3.8, 4) is 0 Å². The van der Waals surface area contributed by atoms with Gasteiger partial charge < -0.3 is 15.0 Å². The number of hydrogen-bond donors (Lipinski definition) is 1. The Labute approximate surface area is 183 Å². The molecule has 0 saturated carbocycles. The number of morpholine rings is 1. The van der Waals surface area contributed by atoms with Gasteiger partial charge >= 0.3 is 6.18 Å². The molecule has 1 aromatic carbocycles. The van der Waals surface area contributed by atoms with Crippen LogP contribution in [0.3, 0.4) is 0 Å². The number of hydrogen-bond acceptors (Lipinski definition) is 6. The molecule has 0 aliphatic carbocycles. The van der Waals surface area contributed by atoms with Gasteiger partial charge in [-0.1, -0.05) is 12.1 Å². The highest BCUT2D eigenvalue weighted by Gasteiger charge is 2.37. The number of alkyl halides is 3. The van der Waals surface area contributed by atoms with Crippen LogP contribution >= 0.6 is 0 Å². The summed E-state index contributed by atoms with van der Waals surface area (Å²) in [7, 11) is 0. The van der Waals surface area contributed by atoms with Gasteiger partial charge in [0.1, 0.15) is 0 Å². The third-order valence-electron chi connectivity index (χ3n) is 6.51. The highest BCUT2D eigenvalue weighted by molar-refractivity contribution is 5.92. The van der Waals surface area contributed by atoms with E-state index in [0.717, 1.165) is 35.5 Å². The molecule has 9 heteroatoms. The van der Waals surface area contributed by atoms with Crippen molar-refractivity contribution in [2.75, 3.05) is 23.4 Å². The first-order valence-electron chi connectivity index (χ1n) is 10.7. The molecular weight excluding hydrogens is 419 g/mol. The van der Waals surface area contributed by atoms with Crippen molar-refractivity contribution in [3.63, 3.8) is 0 Å². The Hall–Kier alpha value is -2.94. The molecule has 4 heterocycles. The second-order valence-corrected chi connectivity index (χ2v) is 8.49. The van der Waals surface area contributed by atoms with Gasteiger partial charge in [0.05, 0.1) is 54.0 Å². The molecule has 168 valence electrons. The zero-order chi connectivity index (χ0) is 22.5. The van der Waals surface area contributed by atoms with Crippen molar-refractivity contribution in [3.05, 3.63) is 52.8 Å². The van der Waals surface area contributed by atoms with Crippen LogP contribution in [0.4, 0.5) is 24.7 Å². The summed E-state index contributed by atoms with van der Waals surface area (Å²) in [4.78, 5) is 7.04. The molecule has 2 fully saturated rings. The van der Waals surface area contributed by atoms with E-state index in [0.29, 0.717) is 42.4 Å². The van der Waals surface area contributed by atoms with Crippen molar-refractivity contribution in [2.45, 2.75) is 51.5 Å². The molecule has 6 nitrogen and oxygen atoms in total. The molecule has 2 aliphatic rings. The quantitative estimate of drug-likeness (QED) is 0.634. The Bertz CT molecular complexity index is 1150. The van der Waals surface area contributed by atoms with Crippen LogP contribution in [0.2, 0.25) is 0 Å². The fraction of sp³-hybridized carbons (Fsp3) is 0.435. The van der Waals surface area contributed by atoms with Crippen molar-refractivity contribution in [1.82, 2.24) is 15.2 Å². The summed E-state index contributed by atoms with van der Waals surface area (Å²) < 4.78 is 45.5. The Morgan fingerprint density at radius 1 is 1.12 bits per heavy atom. The number of pyridine rings is 1. The maximum atomic E-state index is 13.3. The number of rotatable bonds is 4. The predicted octanol–water partition coefficient (Wildman–Crippen LogP) is 4.64. The zero-order valence-corrected chi connectivity index (χ0v) is 17.9. The van der Waals surface area contributed by atoms with Crippen LogP contribution in [0.5, 0.6) is 0 Å². The number of benzene rings is 1. The molecule has 2 unspecified atom stereocenters. The summed E-state index contributed by atoms with van der Waals surface area (Å²) in [5.41, 5.74) is 2.60. The Kier molecular flexibility index (Phi) is 5.16. The van der Waals surface area contributed by atoms with Gasteiger partial charge in [0, 0.05) is 11.9 Å². The number of halogens is 3. The lowest BCUT2D eigenvalue weighted by Gasteiger charge is -2.36. The van der Waals surface area contributed by atoms with Gasteiger partial charge in [0.2, 0.25) is 0 Å². The molecule has 2 aliphatic heterocycles. The number of nitrogens with zero attached hydrogens (tertiary/aromatic N) is 4. The third-order valence-corrected chi connectivity index (χ3v) is 6.51. The van der Waals surface area contributed by atoms with E-state index in [1.54, 1.807) is 6.07 Å². The van der Waals surface area contributed by atoms with Crippen LogP contribution in [-0.2, 0) is 17.5 Å². The Morgan fingerprint density at radius 3 is 2.59 bits per heavy atom. The van der Waals surface area contributed by atoms with Gasteiger partial charge in [0.25, 0.3) is 0 Å². The molecule has 2 aromatic heterocycles. The van der Waals surface area contributed by atoms with Crippen molar-refractivity contribution in [2.24, 2.45) is 0 Å². The number of aryl methyl sites for hydroxylation is 1. The lowest BCUT2D eigenvalue weighted by atomic mass is 10.0. The lowest BCUT2D eigenvalue weighted by Crippen LogP contribution is -2.45. The van der Waals surface area contributed by atoms with Crippen LogP contribution < -0.4 is 10.2 Å². The van der Waals surface area contributed by atoms with Gasteiger partial charge in [-0.25, -0.2) is 0 Å². The lowest BCUT2D eigenvalue weighted by molar-refractivity contribution is -0.138. The summed E-state index contributed by atoms with van der Waals surface area (Å²) in [5, 5.41) is 12.5. The van der Waals surface area contributed by atoms with E-state index >= 15 is 0 Å². The standard InChI is InChI=1S/C23H24F3N5O/c1-13-15(4-3-5-20(13)23(24,25)26)9-28-22-19-8-18(10-27-21(19)14(2)29-30-22)31-16-6-7-17(31)12-32-11-16/h3-5,8,10,16-17H,6-7,9,11-12H2,1-2H3,(H,28,30). The van der Waals surface area contributed by atoms with Gasteiger partial charge in [-0.2, -0.15) is 18.3 Å². The minimum atomic E-state index is -4.38. The second kappa shape index (κ2) is 7.88. The monoisotopic (exact) mass is 443 g/mol. The highest BCUT2D eigenvalue weighted by Crippen LogP contribution is 2.36. The fourth-order valence-electron chi connectivity index (χ4n) is 4.83. The molecule has 1 N–H and O–H groups in total. The van der Waals surface area contributed by atoms with Gasteiger partial charge in [-0.3, -0.25) is 4.98 Å². The third kappa shape index (κ3) is 3.64. The van der Waals surface area contributed by atoms with Crippen molar-refractivity contribution < 1.29 is 17.9 Å². The first-order valence-corrected chi connectivity index (χ1v) is 10.7. The molecule has 2 bridgehead atoms. The summed E-state index contributed by atoms with van der Waals surface area (Å²) in [6.07, 6.45) is -0.326. The topological polar surface area (TPSA) is 63.2 Å². The van der Waals surface area contributed by atoms with Crippen LogP contribution in [0.15, 0.2) is 30.5 Å². The van der Waals surface area contributed by atoms with Gasteiger partial charge in [-0.15, -0.1) is 5.10 Å². The molecule has 2 atom stereocenters. The summed E-state index contributed by atoms with van der Waals surface area (Å²) in [6.45, 7) is 4.97. The SMILES string of the molecule is Cc1c(CNc2nnc(C)c3ncc(N4C5CCC4COC5)cc23)cccc1C(F)(F)F. The van der Waals surface area contributed by atoms with Crippen LogP contribution in [-0.4, -0.2) is 40.5 Å². The smallest absolute Gasteiger partial charge is 0.377 e. The molecule has 32 heavy (non-hydrogen) atoms. The molecular formula is C23H24F3N5O. The van der Waals surface area contributed by atoms with E-state index in [1.165, 1.54) is 13.0 Å². The fourth-order valence-corrected chi connectivity index (χ4v) is 4.83. The van der Waals surface area contributed by atoms with Crippen LogP contribution in [0.25, 0.3) is 10.9 Å². The first-order chi connectivity index (χ1) is 15.3. The Balaban J connectivity index is 1.48. The van der Waals surface area contributed by atoms with Crippen LogP contribution in [0.1, 0.15) is 35.2 Å². The Morgan fingerprint density at radius 2 is 1.88 bits per heavy atom. The van der Waals surface area contributed by atoms with Crippen molar-refractivity contribution in [1.29, 1.82) is 0 Å². The van der Waals surface area contributed by atoms with E-state index < -0.39 is 11.7 Å². The van der Waals surface area contributed by atoms with Crippen molar-refractivity contribution >= 4 is 22.4 Å². The summed E-state index contributed by atoms with van der Waals surface area (Å²) in [6, 6.07) is 6.96. The van der Waals surface area contributed by atoms with Crippen LogP contribution in [0, 0.1) is 13.8 Å². The first kappa shape index (κ1) is 20.9. The van der Waals surface area contributed by atoms with Gasteiger partial charge in [-0.05, 0) is 49.9 Å². The van der Waals surface area contributed by atoms with Gasteiger partial charge in [0.15, 0.2) is 5.82 Å². The number of aromatic nitrogens is 3.